The smallest absolute Gasteiger partial charge is 0.383 e. The van der Waals surface area contributed by atoms with Crippen molar-refractivity contribution in [3.63, 3.8) is 0 Å². The molecule has 1 unspecified atom stereocenters. The molecule has 0 saturated carbocycles. The van der Waals surface area contributed by atoms with Gasteiger partial charge in [-0.2, -0.15) is 13.2 Å². The molecule has 180 valence electrons. The van der Waals surface area contributed by atoms with Gasteiger partial charge in [0.1, 0.15) is 16.3 Å². The second kappa shape index (κ2) is 9.18. The number of amides is 2. The zero-order valence-electron chi connectivity index (χ0n) is 18.3. The molecule has 3 aromatic rings. The third kappa shape index (κ3) is 5.28. The maximum Gasteiger partial charge on any atom is 0.433 e. The molecule has 1 aromatic carbocycles. The Kier molecular flexibility index (Phi) is 6.45. The number of likely N-dealkylation sites (tertiary alicyclic amines) is 1. The summed E-state index contributed by atoms with van der Waals surface area (Å²) in [5, 5.41) is 14.6. The predicted octanol–water partition coefficient (Wildman–Crippen LogP) is 4.42. The van der Waals surface area contributed by atoms with E-state index in [1.807, 2.05) is 13.0 Å². The molecule has 8 nitrogen and oxygen atoms in total. The van der Waals surface area contributed by atoms with E-state index in [0.29, 0.717) is 43.0 Å². The van der Waals surface area contributed by atoms with Crippen LogP contribution in [0.3, 0.4) is 0 Å². The average molecular weight is 493 g/mol. The summed E-state index contributed by atoms with van der Waals surface area (Å²) >= 11 is 1.34. The monoisotopic (exact) mass is 492 g/mol. The number of halogens is 3. The first-order valence-corrected chi connectivity index (χ1v) is 11.4. The van der Waals surface area contributed by atoms with Crippen LogP contribution in [0.25, 0.3) is 10.4 Å². The van der Waals surface area contributed by atoms with E-state index in [2.05, 4.69) is 20.3 Å². The molecule has 3 heterocycles. The second-order valence-corrected chi connectivity index (χ2v) is 9.25. The first-order chi connectivity index (χ1) is 16.0. The largest absolute Gasteiger partial charge is 0.433 e. The molecule has 1 atom stereocenters. The number of alkyl halides is 3. The number of thiazole rings is 1. The number of carbonyl (C=O) groups excluding carboxylic acids is 1. The number of rotatable bonds is 4. The Bertz CT molecular complexity index is 1200. The van der Waals surface area contributed by atoms with Crippen molar-refractivity contribution in [3.05, 3.63) is 52.9 Å². The van der Waals surface area contributed by atoms with Gasteiger partial charge in [-0.15, -0.1) is 11.3 Å². The molecule has 0 radical (unpaired) electrons. The minimum atomic E-state index is -4.57. The number of anilines is 2. The average Bonchev–Trinajstić information content (AvgIpc) is 3.18. The summed E-state index contributed by atoms with van der Waals surface area (Å²) in [4.78, 5) is 25.7. The van der Waals surface area contributed by atoms with Crippen molar-refractivity contribution < 1.29 is 23.1 Å². The molecule has 1 fully saturated rings. The third-order valence-electron chi connectivity index (χ3n) is 5.59. The Labute approximate surface area is 197 Å². The summed E-state index contributed by atoms with van der Waals surface area (Å²) in [6, 6.07) is 5.76. The van der Waals surface area contributed by atoms with E-state index >= 15 is 0 Å². The van der Waals surface area contributed by atoms with Gasteiger partial charge in [-0.25, -0.2) is 19.7 Å². The number of nitrogens with two attached hydrogens (primary N) is 1. The fourth-order valence-corrected chi connectivity index (χ4v) is 4.93. The lowest BCUT2D eigenvalue weighted by atomic mass is 9.96. The van der Waals surface area contributed by atoms with Crippen LogP contribution in [-0.4, -0.2) is 44.1 Å². The molecule has 1 saturated heterocycles. The second-order valence-electron chi connectivity index (χ2n) is 8.22. The van der Waals surface area contributed by atoms with Gasteiger partial charge in [0.05, 0.1) is 4.88 Å². The van der Waals surface area contributed by atoms with Crippen LogP contribution in [0.5, 0.6) is 0 Å². The van der Waals surface area contributed by atoms with Crippen LogP contribution in [0, 0.1) is 6.92 Å². The number of aromatic nitrogens is 3. The molecule has 4 rings (SSSR count). The number of nitrogens with zero attached hydrogens (tertiary/aromatic N) is 4. The number of carbonyl (C=O) groups is 1. The van der Waals surface area contributed by atoms with Gasteiger partial charge in [0, 0.05) is 37.6 Å². The minimum Gasteiger partial charge on any atom is -0.383 e. The van der Waals surface area contributed by atoms with Crippen molar-refractivity contribution in [1.29, 1.82) is 0 Å². The lowest BCUT2D eigenvalue weighted by Gasteiger charge is -2.24. The van der Waals surface area contributed by atoms with E-state index in [1.165, 1.54) is 16.2 Å². The van der Waals surface area contributed by atoms with Crippen molar-refractivity contribution in [2.75, 3.05) is 18.4 Å². The van der Waals surface area contributed by atoms with E-state index in [1.54, 1.807) is 18.3 Å². The molecule has 0 bridgehead atoms. The highest BCUT2D eigenvalue weighted by atomic mass is 32.1. The summed E-state index contributed by atoms with van der Waals surface area (Å²) in [6.45, 7) is 2.69. The van der Waals surface area contributed by atoms with Crippen molar-refractivity contribution in [1.82, 2.24) is 19.9 Å². The van der Waals surface area contributed by atoms with Crippen molar-refractivity contribution in [2.24, 2.45) is 5.73 Å². The molecular formula is C22H23F3N6O2S. The van der Waals surface area contributed by atoms with Crippen LogP contribution in [0.4, 0.5) is 29.6 Å². The summed E-state index contributed by atoms with van der Waals surface area (Å²) in [6.07, 6.45) is -0.467. The number of aliphatic hydroxyl groups is 1. The van der Waals surface area contributed by atoms with Crippen molar-refractivity contribution in [3.8, 4) is 10.4 Å². The normalized spacial score (nSPS) is 19.0. The zero-order valence-corrected chi connectivity index (χ0v) is 19.1. The standard InChI is InChI=1S/C22H23F3N6O2S/c1-13-9-14(11-15(10-13)29-20-27-6-3-17(30-20)22(23,24)25)16-12-28-18(34-16)21(33)4-2-7-31(8-5-21)19(26)32/h3,6,9-12,33H,2,4-5,7-8H2,1H3,(H2,26,32)(H,27,29,30). The summed E-state index contributed by atoms with van der Waals surface area (Å²) < 4.78 is 38.9. The van der Waals surface area contributed by atoms with E-state index in [9.17, 15) is 23.1 Å². The Morgan fingerprint density at radius 3 is 2.76 bits per heavy atom. The topological polar surface area (TPSA) is 117 Å². The van der Waals surface area contributed by atoms with Gasteiger partial charge in [-0.3, -0.25) is 0 Å². The number of hydrogen-bond acceptors (Lipinski definition) is 7. The number of benzene rings is 1. The van der Waals surface area contributed by atoms with Crippen LogP contribution in [0.2, 0.25) is 0 Å². The van der Waals surface area contributed by atoms with Crippen LogP contribution in [0.1, 0.15) is 35.5 Å². The van der Waals surface area contributed by atoms with Gasteiger partial charge in [0.25, 0.3) is 0 Å². The highest BCUT2D eigenvalue weighted by Gasteiger charge is 2.36. The Balaban J connectivity index is 1.57. The number of aryl methyl sites for hydroxylation is 1. The van der Waals surface area contributed by atoms with Gasteiger partial charge < -0.3 is 21.1 Å². The van der Waals surface area contributed by atoms with Crippen molar-refractivity contribution >= 4 is 29.0 Å². The zero-order chi connectivity index (χ0) is 24.5. The van der Waals surface area contributed by atoms with Gasteiger partial charge >= 0.3 is 12.2 Å². The summed E-state index contributed by atoms with van der Waals surface area (Å²) in [5.41, 5.74) is 5.36. The Hall–Kier alpha value is -3.25. The first kappa shape index (κ1) is 23.9. The summed E-state index contributed by atoms with van der Waals surface area (Å²) in [5.74, 6) is -0.164. The lowest BCUT2D eigenvalue weighted by Crippen LogP contribution is -2.37. The number of hydrogen-bond donors (Lipinski definition) is 3. The molecule has 34 heavy (non-hydrogen) atoms. The molecule has 1 aliphatic heterocycles. The number of nitrogens with one attached hydrogen (secondary N) is 1. The van der Waals surface area contributed by atoms with Crippen LogP contribution in [0.15, 0.2) is 36.7 Å². The molecule has 0 aliphatic carbocycles. The van der Waals surface area contributed by atoms with E-state index in [-0.39, 0.29) is 5.95 Å². The number of urea groups is 1. The van der Waals surface area contributed by atoms with E-state index in [4.69, 9.17) is 5.73 Å². The van der Waals surface area contributed by atoms with Crippen molar-refractivity contribution in [2.45, 2.75) is 38.0 Å². The molecule has 4 N–H and O–H groups in total. The molecule has 1 aliphatic rings. The first-order valence-electron chi connectivity index (χ1n) is 10.6. The maximum absolute atomic E-state index is 13.0. The van der Waals surface area contributed by atoms with E-state index in [0.717, 1.165) is 28.3 Å². The van der Waals surface area contributed by atoms with Gasteiger partial charge in [-0.1, -0.05) is 6.07 Å². The fraction of sp³-hybridized carbons (Fsp3) is 0.364. The molecule has 12 heteroatoms. The highest BCUT2D eigenvalue weighted by molar-refractivity contribution is 7.15. The van der Waals surface area contributed by atoms with Gasteiger partial charge in [-0.05, 0) is 49.1 Å². The molecule has 2 aromatic heterocycles. The Morgan fingerprint density at radius 2 is 2.03 bits per heavy atom. The Morgan fingerprint density at radius 1 is 1.24 bits per heavy atom. The molecular weight excluding hydrogens is 469 g/mol. The number of primary amides is 1. The molecule has 2 amide bonds. The SMILES string of the molecule is Cc1cc(Nc2nccc(C(F)(F)F)n2)cc(-c2cnc(C3(O)CCCN(C(N)=O)CC3)s2)c1. The molecule has 0 spiro atoms. The van der Waals surface area contributed by atoms with Crippen LogP contribution >= 0.6 is 11.3 Å². The fourth-order valence-electron chi connectivity index (χ4n) is 3.88. The third-order valence-corrected chi connectivity index (χ3v) is 6.83. The van der Waals surface area contributed by atoms with Crippen LogP contribution in [-0.2, 0) is 11.8 Å². The minimum absolute atomic E-state index is 0.164. The van der Waals surface area contributed by atoms with Crippen LogP contribution < -0.4 is 11.1 Å². The predicted molar refractivity (Wildman–Crippen MR) is 122 cm³/mol. The maximum atomic E-state index is 13.0. The highest BCUT2D eigenvalue weighted by Crippen LogP contribution is 2.39. The summed E-state index contributed by atoms with van der Waals surface area (Å²) in [7, 11) is 0. The van der Waals surface area contributed by atoms with Gasteiger partial charge in [0.15, 0.2) is 0 Å². The van der Waals surface area contributed by atoms with E-state index < -0.39 is 23.5 Å². The van der Waals surface area contributed by atoms with Gasteiger partial charge in [0.2, 0.25) is 5.95 Å². The lowest BCUT2D eigenvalue weighted by molar-refractivity contribution is -0.141. The quantitative estimate of drug-likeness (QED) is 0.496.